The van der Waals surface area contributed by atoms with Gasteiger partial charge in [-0.3, -0.25) is 4.79 Å². The van der Waals surface area contributed by atoms with Gasteiger partial charge in [0.05, 0.1) is 9.92 Å². The zero-order valence-electron chi connectivity index (χ0n) is 15.9. The molecule has 1 heterocycles. The summed E-state index contributed by atoms with van der Waals surface area (Å²) in [5, 5.41) is 2.76. The van der Waals surface area contributed by atoms with Crippen molar-refractivity contribution >= 4 is 33.2 Å². The third-order valence-electron chi connectivity index (χ3n) is 4.43. The van der Waals surface area contributed by atoms with Crippen molar-refractivity contribution in [2.24, 2.45) is 0 Å². The van der Waals surface area contributed by atoms with E-state index in [1.54, 1.807) is 30.6 Å². The minimum absolute atomic E-state index is 0.00716. The summed E-state index contributed by atoms with van der Waals surface area (Å²) in [4.78, 5) is 15.2. The molecule has 0 spiro atoms. The van der Waals surface area contributed by atoms with E-state index in [-0.39, 0.29) is 15.5 Å². The van der Waals surface area contributed by atoms with Crippen LogP contribution in [0.25, 0.3) is 4.72 Å². The van der Waals surface area contributed by atoms with Crippen LogP contribution in [0.15, 0.2) is 65.8 Å². The van der Waals surface area contributed by atoms with E-state index in [9.17, 15) is 13.2 Å². The molecule has 0 aliphatic carbocycles. The Morgan fingerprint density at radius 1 is 1.03 bits per heavy atom. The lowest BCUT2D eigenvalue weighted by molar-refractivity contribution is -0.378. The minimum Gasteiger partial charge on any atom is -0.573 e. The van der Waals surface area contributed by atoms with Gasteiger partial charge in [0.2, 0.25) is 0 Å². The van der Waals surface area contributed by atoms with Crippen molar-refractivity contribution < 1.29 is 18.2 Å². The standard InChI is InChI=1S/C21H19ClN3O3S/c1-14-3-5-18(11-15(14)2)25-29(27,28)20-12-17(4-6-19(20)22)21(26)24-13-16-7-9-23-10-8-16/h3-12H,13H2,1-2H3,(H,24,26)/q-1/p+1. The van der Waals surface area contributed by atoms with E-state index in [1.165, 1.54) is 18.2 Å². The van der Waals surface area contributed by atoms with Gasteiger partial charge in [-0.25, -0.2) is 13.4 Å². The fraction of sp³-hybridized carbons (Fsp3) is 0.143. The van der Waals surface area contributed by atoms with E-state index in [2.05, 4.69) is 15.0 Å². The van der Waals surface area contributed by atoms with E-state index in [4.69, 9.17) is 11.6 Å². The van der Waals surface area contributed by atoms with Crippen LogP contribution in [-0.2, 0) is 16.6 Å². The van der Waals surface area contributed by atoms with Crippen LogP contribution in [0.5, 0.6) is 0 Å². The van der Waals surface area contributed by atoms with Crippen molar-refractivity contribution in [1.82, 2.24) is 5.32 Å². The Hall–Kier alpha value is -2.90. The quantitative estimate of drug-likeness (QED) is 0.639. The lowest BCUT2D eigenvalue weighted by Gasteiger charge is -2.23. The molecule has 150 valence electrons. The second-order valence-corrected chi connectivity index (χ2v) is 8.55. The number of rotatable bonds is 6. The van der Waals surface area contributed by atoms with Gasteiger partial charge in [-0.15, -0.1) is 5.69 Å². The monoisotopic (exact) mass is 429 g/mol. The van der Waals surface area contributed by atoms with Gasteiger partial charge in [-0.2, -0.15) is 0 Å². The highest BCUT2D eigenvalue weighted by atomic mass is 35.5. The zero-order valence-corrected chi connectivity index (χ0v) is 17.5. The first-order valence-corrected chi connectivity index (χ1v) is 10.7. The Morgan fingerprint density at radius 2 is 1.76 bits per heavy atom. The predicted molar refractivity (Wildman–Crippen MR) is 112 cm³/mol. The molecule has 2 aromatic carbocycles. The molecule has 1 aromatic heterocycles. The molecule has 8 heteroatoms. The molecular formula is C21H20ClN3O3S. The summed E-state index contributed by atoms with van der Waals surface area (Å²) in [6, 6.07) is 12.9. The predicted octanol–water partition coefficient (Wildman–Crippen LogP) is 4.10. The number of pyridine rings is 1. The molecule has 0 saturated heterocycles. The highest BCUT2D eigenvalue weighted by Gasteiger charge is 2.15. The zero-order chi connectivity index (χ0) is 21.0. The molecular weight excluding hydrogens is 410 g/mol. The lowest BCUT2D eigenvalue weighted by Crippen LogP contribution is -2.23. The van der Waals surface area contributed by atoms with E-state index >= 15 is 0 Å². The van der Waals surface area contributed by atoms with Gasteiger partial charge in [-0.1, -0.05) is 29.8 Å². The third kappa shape index (κ3) is 5.13. The first-order chi connectivity index (χ1) is 13.8. The number of amides is 1. The number of sulfonamides is 1. The number of halogens is 1. The summed E-state index contributed by atoms with van der Waals surface area (Å²) in [7, 11) is -4.09. The molecule has 0 aliphatic heterocycles. The van der Waals surface area contributed by atoms with Crippen molar-refractivity contribution in [3.05, 3.63) is 92.9 Å². The van der Waals surface area contributed by atoms with E-state index in [1.807, 2.05) is 26.0 Å². The maximum absolute atomic E-state index is 12.8. The Balaban J connectivity index is 1.81. The highest BCUT2D eigenvalue weighted by molar-refractivity contribution is 7.94. The van der Waals surface area contributed by atoms with Crippen LogP contribution in [0, 0.1) is 13.8 Å². The van der Waals surface area contributed by atoms with Crippen molar-refractivity contribution in [3.8, 4) is 0 Å². The number of hydrogen-bond donors (Lipinski definition) is 1. The van der Waals surface area contributed by atoms with Gasteiger partial charge in [0, 0.05) is 24.2 Å². The Morgan fingerprint density at radius 3 is 2.45 bits per heavy atom. The number of nitrogens with zero attached hydrogens (tertiary/aromatic N) is 1. The Kier molecular flexibility index (Phi) is 6.20. The van der Waals surface area contributed by atoms with Crippen LogP contribution >= 0.6 is 11.6 Å². The fourth-order valence-corrected chi connectivity index (χ4v) is 4.13. The third-order valence-corrected chi connectivity index (χ3v) is 6.21. The summed E-state index contributed by atoms with van der Waals surface area (Å²) in [6.07, 6.45) is 3.51. The molecule has 0 atom stereocenters. The number of aromatic amines is 1. The molecule has 0 radical (unpaired) electrons. The van der Waals surface area contributed by atoms with Gasteiger partial charge in [0.1, 0.15) is 10.0 Å². The number of aryl methyl sites for hydroxylation is 2. The number of nitrogens with one attached hydrogen (secondary N) is 2. The number of hydrogen-bond acceptors (Lipinski definition) is 3. The molecule has 6 nitrogen and oxygen atoms in total. The van der Waals surface area contributed by atoms with Crippen LogP contribution in [-0.4, -0.2) is 14.3 Å². The average Bonchev–Trinajstić information content (AvgIpc) is 2.69. The number of carbonyl (C=O) groups is 1. The number of benzene rings is 2. The van der Waals surface area contributed by atoms with Crippen LogP contribution in [0.2, 0.25) is 5.02 Å². The van der Waals surface area contributed by atoms with Gasteiger partial charge in [0.15, 0.2) is 12.4 Å². The topological polar surface area (TPSA) is 91.5 Å². The normalized spacial score (nSPS) is 11.1. The van der Waals surface area contributed by atoms with Crippen molar-refractivity contribution in [2.75, 3.05) is 0 Å². The molecule has 3 aromatic rings. The van der Waals surface area contributed by atoms with Gasteiger partial charge >= 0.3 is 0 Å². The fourth-order valence-electron chi connectivity index (χ4n) is 2.64. The maximum Gasteiger partial charge on any atom is 0.251 e. The largest absolute Gasteiger partial charge is 0.573 e. The molecule has 0 aliphatic rings. The molecule has 0 saturated carbocycles. The van der Waals surface area contributed by atoms with Crippen molar-refractivity contribution in [1.29, 1.82) is 0 Å². The highest BCUT2D eigenvalue weighted by Crippen LogP contribution is 2.33. The number of carbonyl (C=O) groups excluding carboxylic acids is 1. The van der Waals surface area contributed by atoms with E-state index in [0.717, 1.165) is 16.7 Å². The smallest absolute Gasteiger partial charge is 0.251 e. The van der Waals surface area contributed by atoms with Crippen LogP contribution in [0.4, 0.5) is 5.69 Å². The maximum atomic E-state index is 12.8. The van der Waals surface area contributed by atoms with E-state index in [0.29, 0.717) is 12.2 Å². The van der Waals surface area contributed by atoms with Gasteiger partial charge in [-0.05, 0) is 48.7 Å². The Bertz CT molecular complexity index is 1150. The minimum atomic E-state index is -4.09. The molecule has 0 bridgehead atoms. The average molecular weight is 430 g/mol. The first kappa shape index (κ1) is 20.8. The van der Waals surface area contributed by atoms with Crippen LogP contribution in [0.1, 0.15) is 27.0 Å². The Labute approximate surface area is 175 Å². The second kappa shape index (κ2) is 8.63. The molecule has 29 heavy (non-hydrogen) atoms. The molecule has 0 unspecified atom stereocenters. The summed E-state index contributed by atoms with van der Waals surface area (Å²) < 4.78 is 29.4. The summed E-state index contributed by atoms with van der Waals surface area (Å²) >= 11 is 6.11. The first-order valence-electron chi connectivity index (χ1n) is 8.84. The van der Waals surface area contributed by atoms with E-state index < -0.39 is 15.9 Å². The van der Waals surface area contributed by atoms with Gasteiger partial charge < -0.3 is 10.0 Å². The summed E-state index contributed by atoms with van der Waals surface area (Å²) in [6.45, 7) is 4.12. The number of H-pyrrole nitrogens is 1. The molecule has 1 amide bonds. The molecule has 2 N–H and O–H groups in total. The van der Waals surface area contributed by atoms with Crippen LogP contribution < -0.4 is 10.3 Å². The molecule has 0 fully saturated rings. The van der Waals surface area contributed by atoms with Crippen LogP contribution in [0.3, 0.4) is 0 Å². The molecule has 3 rings (SSSR count). The van der Waals surface area contributed by atoms with Gasteiger partial charge in [0.25, 0.3) is 5.91 Å². The number of aromatic nitrogens is 1. The second-order valence-electron chi connectivity index (χ2n) is 6.57. The SMILES string of the molecule is Cc1ccc([N-]S(=O)(=O)c2cc(C(=O)NCc3cc[nH+]cc3)ccc2Cl)cc1C. The lowest BCUT2D eigenvalue weighted by atomic mass is 10.1. The van der Waals surface area contributed by atoms with Crippen molar-refractivity contribution in [3.63, 3.8) is 0 Å². The summed E-state index contributed by atoms with van der Waals surface area (Å²) in [5.74, 6) is -0.405. The van der Waals surface area contributed by atoms with Crippen molar-refractivity contribution in [2.45, 2.75) is 25.3 Å². The summed E-state index contributed by atoms with van der Waals surface area (Å²) in [5.41, 5.74) is 3.36.